The molecular weight excluding hydrogens is 384 g/mol. The van der Waals surface area contributed by atoms with Crippen molar-refractivity contribution in [3.8, 4) is 0 Å². The zero-order valence-corrected chi connectivity index (χ0v) is 16.1. The van der Waals surface area contributed by atoms with E-state index in [0.717, 1.165) is 16.5 Å². The van der Waals surface area contributed by atoms with E-state index in [4.69, 9.17) is 4.42 Å². The third-order valence-electron chi connectivity index (χ3n) is 4.49. The predicted octanol–water partition coefficient (Wildman–Crippen LogP) is 3.23. The first-order valence-corrected chi connectivity index (χ1v) is 9.14. The number of esters is 1. The molecule has 4 rings (SSSR count). The van der Waals surface area contributed by atoms with Gasteiger partial charge in [0.2, 0.25) is 5.76 Å². The first-order valence-electron chi connectivity index (χ1n) is 9.14. The number of carbonyl (C=O) groups excluding carboxylic acids is 2. The van der Waals surface area contributed by atoms with Gasteiger partial charge < -0.3 is 13.7 Å². The van der Waals surface area contributed by atoms with Gasteiger partial charge in [0.1, 0.15) is 5.76 Å². The quantitative estimate of drug-likeness (QED) is 0.303. The molecule has 4 aromatic rings. The molecule has 1 aromatic carbocycles. The van der Waals surface area contributed by atoms with Gasteiger partial charge in [-0.05, 0) is 30.3 Å². The van der Waals surface area contributed by atoms with Crippen molar-refractivity contribution >= 4 is 29.0 Å². The fourth-order valence-electron chi connectivity index (χ4n) is 3.07. The summed E-state index contributed by atoms with van der Waals surface area (Å²) in [5, 5.41) is 5.05. The molecular formula is C22H18N4O4. The fraction of sp³-hybridized carbons (Fsp3) is 0.0909. The molecule has 8 nitrogen and oxygen atoms in total. The zero-order chi connectivity index (χ0) is 20.9. The van der Waals surface area contributed by atoms with Crippen LogP contribution in [0.1, 0.15) is 32.2 Å². The summed E-state index contributed by atoms with van der Waals surface area (Å²) in [6, 6.07) is 14.5. The van der Waals surface area contributed by atoms with Gasteiger partial charge in [-0.1, -0.05) is 18.2 Å². The Balaban J connectivity index is 1.55. The van der Waals surface area contributed by atoms with Crippen molar-refractivity contribution in [2.45, 2.75) is 6.54 Å². The summed E-state index contributed by atoms with van der Waals surface area (Å²) in [5.74, 6) is -0.0850. The molecule has 0 saturated carbocycles. The van der Waals surface area contributed by atoms with Gasteiger partial charge in [-0.15, -0.1) is 0 Å². The van der Waals surface area contributed by atoms with Gasteiger partial charge >= 0.3 is 5.97 Å². The molecule has 0 aliphatic carbocycles. The van der Waals surface area contributed by atoms with E-state index >= 15 is 0 Å². The van der Waals surface area contributed by atoms with Crippen LogP contribution in [0.2, 0.25) is 0 Å². The maximum absolute atomic E-state index is 12.1. The van der Waals surface area contributed by atoms with Crippen molar-refractivity contribution in [1.29, 1.82) is 0 Å². The highest BCUT2D eigenvalue weighted by Crippen LogP contribution is 2.22. The summed E-state index contributed by atoms with van der Waals surface area (Å²) in [4.78, 5) is 27.6. The second kappa shape index (κ2) is 8.44. The largest absolute Gasteiger partial charge is 0.463 e. The summed E-state index contributed by atoms with van der Waals surface area (Å²) < 4.78 is 12.2. The monoisotopic (exact) mass is 402 g/mol. The lowest BCUT2D eigenvalue weighted by Gasteiger charge is -2.02. The molecule has 0 saturated heterocycles. The molecule has 3 heterocycles. The van der Waals surface area contributed by atoms with E-state index in [-0.39, 0.29) is 11.7 Å². The van der Waals surface area contributed by atoms with Crippen LogP contribution in [0.4, 0.5) is 0 Å². The van der Waals surface area contributed by atoms with E-state index in [1.54, 1.807) is 36.7 Å². The molecule has 0 spiro atoms. The third kappa shape index (κ3) is 3.97. The molecule has 30 heavy (non-hydrogen) atoms. The Labute approximate surface area is 171 Å². The number of para-hydroxylation sites is 1. The van der Waals surface area contributed by atoms with Crippen LogP contribution < -0.4 is 5.43 Å². The lowest BCUT2D eigenvalue weighted by Crippen LogP contribution is -2.17. The Morgan fingerprint density at radius 3 is 2.87 bits per heavy atom. The van der Waals surface area contributed by atoms with Crippen LogP contribution in [0.15, 0.2) is 76.6 Å². The number of amides is 1. The number of nitrogens with zero attached hydrogens (tertiary/aromatic N) is 3. The molecule has 0 aliphatic rings. The molecule has 3 aromatic heterocycles. The summed E-state index contributed by atoms with van der Waals surface area (Å²) in [6.07, 6.45) is 6.57. The number of furan rings is 1. The first-order chi connectivity index (χ1) is 14.7. The van der Waals surface area contributed by atoms with E-state index in [9.17, 15) is 9.59 Å². The number of fused-ring (bicyclic) bond motifs is 1. The average molecular weight is 402 g/mol. The number of hydrogen-bond donors (Lipinski definition) is 1. The van der Waals surface area contributed by atoms with Gasteiger partial charge in [-0.25, -0.2) is 10.2 Å². The summed E-state index contributed by atoms with van der Waals surface area (Å²) in [5.41, 5.74) is 4.73. The van der Waals surface area contributed by atoms with Gasteiger partial charge in [0, 0.05) is 35.1 Å². The number of ether oxygens (including phenoxy) is 1. The van der Waals surface area contributed by atoms with Gasteiger partial charge in [0.05, 0.1) is 25.4 Å². The van der Waals surface area contributed by atoms with Gasteiger partial charge in [0.15, 0.2) is 0 Å². The number of benzene rings is 1. The summed E-state index contributed by atoms with van der Waals surface area (Å²) in [7, 11) is 1.31. The molecule has 1 amide bonds. The number of carbonyl (C=O) groups is 2. The van der Waals surface area contributed by atoms with Crippen molar-refractivity contribution in [2.24, 2.45) is 5.10 Å². The maximum atomic E-state index is 12.1. The first kappa shape index (κ1) is 19.1. The highest BCUT2D eigenvalue weighted by atomic mass is 16.5. The Morgan fingerprint density at radius 2 is 2.07 bits per heavy atom. The van der Waals surface area contributed by atoms with E-state index < -0.39 is 5.97 Å². The minimum atomic E-state index is -0.518. The van der Waals surface area contributed by atoms with Crippen LogP contribution in [0.25, 0.3) is 10.9 Å². The number of aromatic nitrogens is 2. The number of hydrogen-bond acceptors (Lipinski definition) is 6. The predicted molar refractivity (Wildman–Crippen MR) is 110 cm³/mol. The lowest BCUT2D eigenvalue weighted by molar-refractivity contribution is 0.0562. The molecule has 0 aliphatic heterocycles. The van der Waals surface area contributed by atoms with Crippen molar-refractivity contribution in [3.05, 3.63) is 89.8 Å². The molecule has 150 valence electrons. The van der Waals surface area contributed by atoms with E-state index in [1.165, 1.54) is 13.3 Å². The molecule has 0 fully saturated rings. The Bertz CT molecular complexity index is 1220. The molecule has 8 heteroatoms. The van der Waals surface area contributed by atoms with Crippen molar-refractivity contribution in [1.82, 2.24) is 15.0 Å². The van der Waals surface area contributed by atoms with Crippen molar-refractivity contribution in [2.75, 3.05) is 7.11 Å². The van der Waals surface area contributed by atoms with Crippen LogP contribution in [0.5, 0.6) is 0 Å². The highest BCUT2D eigenvalue weighted by Gasteiger charge is 2.13. The van der Waals surface area contributed by atoms with Crippen LogP contribution in [-0.2, 0) is 11.3 Å². The van der Waals surface area contributed by atoms with Crippen LogP contribution in [0.3, 0.4) is 0 Å². The molecule has 0 unspecified atom stereocenters. The number of pyridine rings is 1. The maximum Gasteiger partial charge on any atom is 0.373 e. The van der Waals surface area contributed by atoms with E-state index in [0.29, 0.717) is 17.9 Å². The average Bonchev–Trinajstić information content (AvgIpc) is 3.39. The molecule has 1 N–H and O–H groups in total. The lowest BCUT2D eigenvalue weighted by atomic mass is 10.2. The molecule has 0 atom stereocenters. The van der Waals surface area contributed by atoms with Crippen molar-refractivity contribution in [3.63, 3.8) is 0 Å². The standard InChI is InChI=1S/C22H18N4O4/c1-29-22(28)20-9-8-17(30-20)14-26-13-16(18-6-2-3-7-19(18)26)12-24-25-21(27)15-5-4-10-23-11-15/h2-13H,14H2,1H3,(H,25,27)/b24-12-. The SMILES string of the molecule is COC(=O)c1ccc(Cn2cc(/C=N\NC(=O)c3cccnc3)c3ccccc32)o1. The smallest absolute Gasteiger partial charge is 0.373 e. The molecule has 0 bridgehead atoms. The number of nitrogens with one attached hydrogen (secondary N) is 1. The second-order valence-corrected chi connectivity index (χ2v) is 6.43. The topological polar surface area (TPSA) is 98.7 Å². The minimum absolute atomic E-state index is 0.156. The van der Waals surface area contributed by atoms with Crippen molar-refractivity contribution < 1.29 is 18.7 Å². The van der Waals surface area contributed by atoms with Gasteiger partial charge in [-0.2, -0.15) is 5.10 Å². The zero-order valence-electron chi connectivity index (χ0n) is 16.1. The van der Waals surface area contributed by atoms with Gasteiger partial charge in [0.25, 0.3) is 5.91 Å². The van der Waals surface area contributed by atoms with Crippen LogP contribution in [0, 0.1) is 0 Å². The number of methoxy groups -OCH3 is 1. The normalized spacial score (nSPS) is 11.1. The Hall–Kier alpha value is -4.20. The third-order valence-corrected chi connectivity index (χ3v) is 4.49. The van der Waals surface area contributed by atoms with Crippen LogP contribution in [-0.4, -0.2) is 34.8 Å². The molecule has 0 radical (unpaired) electrons. The highest BCUT2D eigenvalue weighted by molar-refractivity contribution is 6.00. The Kier molecular flexibility index (Phi) is 5.38. The summed E-state index contributed by atoms with van der Waals surface area (Å²) in [6.45, 7) is 0.424. The van der Waals surface area contributed by atoms with E-state index in [1.807, 2.05) is 35.0 Å². The number of rotatable bonds is 6. The van der Waals surface area contributed by atoms with Crippen LogP contribution >= 0.6 is 0 Å². The van der Waals surface area contributed by atoms with Gasteiger partial charge in [-0.3, -0.25) is 9.78 Å². The van der Waals surface area contributed by atoms with E-state index in [2.05, 4.69) is 20.2 Å². The Morgan fingerprint density at radius 1 is 1.20 bits per heavy atom. The summed E-state index contributed by atoms with van der Waals surface area (Å²) >= 11 is 0. The minimum Gasteiger partial charge on any atom is -0.463 e. The second-order valence-electron chi connectivity index (χ2n) is 6.43. The number of hydrazone groups is 1. The fourth-order valence-corrected chi connectivity index (χ4v) is 3.07.